The third kappa shape index (κ3) is 9.64. The number of carbonyl (C=O) groups excluding carboxylic acids is 1. The first-order valence-corrected chi connectivity index (χ1v) is 17.3. The number of sulfonamides is 1. The number of carbonyl (C=O) groups is 1. The molecule has 0 unspecified atom stereocenters. The molecule has 2 N–H and O–H groups in total. The summed E-state index contributed by atoms with van der Waals surface area (Å²) in [6.07, 6.45) is -2.64. The van der Waals surface area contributed by atoms with Gasteiger partial charge in [0, 0.05) is 50.5 Å². The SMILES string of the molecule is O=C(Nc1ccc(S(=O)(=O)N2CCN(c3cc(C(F)(F)F)cc(Cl)n3)CC2)cc1)c1ccc(CCNCCCN2CCOCC2)cc1. The van der Waals surface area contributed by atoms with E-state index in [4.69, 9.17) is 16.3 Å². The fraction of sp³-hybridized carbons (Fsp3) is 0.438. The first-order chi connectivity index (χ1) is 22.5. The Labute approximate surface area is 277 Å². The van der Waals surface area contributed by atoms with Gasteiger partial charge in [0.25, 0.3) is 5.91 Å². The van der Waals surface area contributed by atoms with Gasteiger partial charge in [0.05, 0.1) is 23.7 Å². The summed E-state index contributed by atoms with van der Waals surface area (Å²) in [6, 6.07) is 14.9. The van der Waals surface area contributed by atoms with Gasteiger partial charge in [-0.3, -0.25) is 9.69 Å². The molecule has 3 aromatic rings. The average Bonchev–Trinajstić information content (AvgIpc) is 3.06. The number of nitrogens with one attached hydrogen (secondary N) is 2. The first kappa shape index (κ1) is 35.0. The van der Waals surface area contributed by atoms with Crippen molar-refractivity contribution >= 4 is 39.0 Å². The summed E-state index contributed by atoms with van der Waals surface area (Å²) in [5.74, 6) is -0.271. The lowest BCUT2D eigenvalue weighted by molar-refractivity contribution is -0.137. The maximum atomic E-state index is 13.3. The number of halogens is 4. The minimum Gasteiger partial charge on any atom is -0.379 e. The predicted molar refractivity (Wildman–Crippen MR) is 175 cm³/mol. The summed E-state index contributed by atoms with van der Waals surface area (Å²) in [6.45, 7) is 6.88. The number of ether oxygens (including phenoxy) is 1. The van der Waals surface area contributed by atoms with Crippen LogP contribution < -0.4 is 15.5 Å². The molecule has 0 bridgehead atoms. The maximum absolute atomic E-state index is 13.3. The first-order valence-electron chi connectivity index (χ1n) is 15.5. The Morgan fingerprint density at radius 1 is 0.915 bits per heavy atom. The van der Waals surface area contributed by atoms with Crippen molar-refractivity contribution in [1.82, 2.24) is 19.5 Å². The van der Waals surface area contributed by atoms with Gasteiger partial charge in [0.2, 0.25) is 10.0 Å². The molecule has 0 saturated carbocycles. The number of benzene rings is 2. The highest BCUT2D eigenvalue weighted by atomic mass is 35.5. The van der Waals surface area contributed by atoms with Crippen LogP contribution in [0.2, 0.25) is 5.15 Å². The van der Waals surface area contributed by atoms with Crippen LogP contribution in [0.4, 0.5) is 24.7 Å². The summed E-state index contributed by atoms with van der Waals surface area (Å²) in [7, 11) is -3.87. The normalized spacial score (nSPS) is 16.7. The molecule has 2 aliphatic rings. The number of alkyl halides is 3. The highest BCUT2D eigenvalue weighted by Crippen LogP contribution is 2.33. The van der Waals surface area contributed by atoms with E-state index >= 15 is 0 Å². The molecular formula is C32H38ClF3N6O4S. The molecule has 5 rings (SSSR count). The standard InChI is InChI=1S/C32H38ClF3N6O4S/c33-29-22-26(32(34,35)36)23-30(39-29)41-14-16-42(17-15-41)47(44,45)28-8-6-27(7-9-28)38-31(43)25-4-2-24(3-5-25)10-12-37-11-1-13-40-18-20-46-21-19-40/h2-9,22-23,37H,1,10-21H2,(H,38,43). The van der Waals surface area contributed by atoms with Gasteiger partial charge in [-0.25, -0.2) is 13.4 Å². The van der Waals surface area contributed by atoms with Gasteiger partial charge in [-0.2, -0.15) is 17.5 Å². The molecule has 3 heterocycles. The minimum absolute atomic E-state index is 0.0410. The van der Waals surface area contributed by atoms with Crippen molar-refractivity contribution in [3.8, 4) is 0 Å². The van der Waals surface area contributed by atoms with Gasteiger partial charge in [-0.15, -0.1) is 0 Å². The number of nitrogens with zero attached hydrogens (tertiary/aromatic N) is 4. The molecular weight excluding hydrogens is 657 g/mol. The number of hydrogen-bond donors (Lipinski definition) is 2. The zero-order valence-electron chi connectivity index (χ0n) is 25.8. The molecule has 2 saturated heterocycles. The van der Waals surface area contributed by atoms with Crippen LogP contribution in [0, 0.1) is 0 Å². The molecule has 0 atom stereocenters. The van der Waals surface area contributed by atoms with Crippen LogP contribution in [0.5, 0.6) is 0 Å². The molecule has 1 aromatic heterocycles. The molecule has 2 fully saturated rings. The van der Waals surface area contributed by atoms with E-state index in [1.165, 1.54) is 28.6 Å². The number of pyridine rings is 1. The zero-order valence-corrected chi connectivity index (χ0v) is 27.4. The molecule has 47 heavy (non-hydrogen) atoms. The second-order valence-corrected chi connectivity index (χ2v) is 13.7. The highest BCUT2D eigenvalue weighted by Gasteiger charge is 2.33. The number of morpholine rings is 1. The van der Waals surface area contributed by atoms with E-state index in [9.17, 15) is 26.4 Å². The van der Waals surface area contributed by atoms with E-state index in [1.807, 2.05) is 12.1 Å². The van der Waals surface area contributed by atoms with Crippen molar-refractivity contribution in [3.63, 3.8) is 0 Å². The fourth-order valence-electron chi connectivity index (χ4n) is 5.46. The van der Waals surface area contributed by atoms with Crippen molar-refractivity contribution in [2.45, 2.75) is 23.9 Å². The number of aromatic nitrogens is 1. The van der Waals surface area contributed by atoms with Crippen LogP contribution in [0.1, 0.15) is 27.9 Å². The number of hydrogen-bond acceptors (Lipinski definition) is 8. The van der Waals surface area contributed by atoms with Gasteiger partial charge in [-0.05, 0) is 86.6 Å². The Morgan fingerprint density at radius 3 is 2.26 bits per heavy atom. The number of rotatable bonds is 12. The van der Waals surface area contributed by atoms with E-state index in [2.05, 4.69) is 20.5 Å². The molecule has 0 radical (unpaired) electrons. The second-order valence-electron chi connectivity index (χ2n) is 11.4. The number of amides is 1. The monoisotopic (exact) mass is 694 g/mol. The van der Waals surface area contributed by atoms with E-state index in [0.717, 1.165) is 76.5 Å². The number of piperazine rings is 1. The van der Waals surface area contributed by atoms with Crippen LogP contribution in [-0.2, 0) is 27.4 Å². The Morgan fingerprint density at radius 2 is 1.60 bits per heavy atom. The van der Waals surface area contributed by atoms with Gasteiger partial charge in [0.15, 0.2) is 0 Å². The Balaban J connectivity index is 1.07. The molecule has 0 spiro atoms. The zero-order chi connectivity index (χ0) is 33.4. The molecule has 0 aliphatic carbocycles. The quantitative estimate of drug-likeness (QED) is 0.213. The van der Waals surface area contributed by atoms with E-state index in [0.29, 0.717) is 11.3 Å². The molecule has 15 heteroatoms. The minimum atomic E-state index is -4.58. The molecule has 2 aliphatic heterocycles. The Hall–Kier alpha value is -3.27. The van der Waals surface area contributed by atoms with Gasteiger partial charge >= 0.3 is 6.18 Å². The summed E-state index contributed by atoms with van der Waals surface area (Å²) >= 11 is 5.81. The highest BCUT2D eigenvalue weighted by molar-refractivity contribution is 7.89. The summed E-state index contributed by atoms with van der Waals surface area (Å²) in [5.41, 5.74) is 1.13. The molecule has 2 aromatic carbocycles. The van der Waals surface area contributed by atoms with Crippen molar-refractivity contribution in [1.29, 1.82) is 0 Å². The largest absolute Gasteiger partial charge is 0.416 e. The lowest BCUT2D eigenvalue weighted by Crippen LogP contribution is -2.49. The van der Waals surface area contributed by atoms with Gasteiger partial charge < -0.3 is 20.3 Å². The van der Waals surface area contributed by atoms with E-state index in [1.54, 1.807) is 17.0 Å². The lowest BCUT2D eigenvalue weighted by atomic mass is 10.1. The van der Waals surface area contributed by atoms with E-state index in [-0.39, 0.29) is 48.0 Å². The van der Waals surface area contributed by atoms with Crippen molar-refractivity contribution in [2.24, 2.45) is 0 Å². The number of anilines is 2. The Kier molecular flexibility index (Phi) is 11.7. The third-order valence-corrected chi connectivity index (χ3v) is 10.3. The third-order valence-electron chi connectivity index (χ3n) is 8.16. The van der Waals surface area contributed by atoms with Crippen LogP contribution in [0.3, 0.4) is 0 Å². The smallest absolute Gasteiger partial charge is 0.379 e. The predicted octanol–water partition coefficient (Wildman–Crippen LogP) is 4.37. The summed E-state index contributed by atoms with van der Waals surface area (Å²) in [4.78, 5) is 20.8. The van der Waals surface area contributed by atoms with Crippen LogP contribution in [0.15, 0.2) is 65.6 Å². The Bertz CT molecular complexity index is 1600. The van der Waals surface area contributed by atoms with Crippen molar-refractivity contribution in [2.75, 3.05) is 82.3 Å². The van der Waals surface area contributed by atoms with Crippen LogP contribution in [-0.4, -0.2) is 101 Å². The molecule has 10 nitrogen and oxygen atoms in total. The molecule has 254 valence electrons. The fourth-order valence-corrected chi connectivity index (χ4v) is 7.09. The van der Waals surface area contributed by atoms with Gasteiger partial charge in [-0.1, -0.05) is 23.7 Å². The van der Waals surface area contributed by atoms with Crippen molar-refractivity contribution in [3.05, 3.63) is 82.5 Å². The van der Waals surface area contributed by atoms with Crippen LogP contribution in [0.25, 0.3) is 0 Å². The average molecular weight is 695 g/mol. The maximum Gasteiger partial charge on any atom is 0.416 e. The molecule has 1 amide bonds. The summed E-state index contributed by atoms with van der Waals surface area (Å²) in [5, 5.41) is 5.98. The van der Waals surface area contributed by atoms with Crippen molar-refractivity contribution < 1.29 is 31.1 Å². The second kappa shape index (κ2) is 15.8. The van der Waals surface area contributed by atoms with E-state index < -0.39 is 21.8 Å². The van der Waals surface area contributed by atoms with Gasteiger partial charge in [0.1, 0.15) is 11.0 Å². The van der Waals surface area contributed by atoms with Crippen LogP contribution >= 0.6 is 11.6 Å². The topological polar surface area (TPSA) is 107 Å². The lowest BCUT2D eigenvalue weighted by Gasteiger charge is -2.35. The summed E-state index contributed by atoms with van der Waals surface area (Å²) < 4.78 is 72.8.